The highest BCUT2D eigenvalue weighted by Crippen LogP contribution is 2.36. The Kier molecular flexibility index (Phi) is 3.37. The monoisotopic (exact) mass is 262 g/mol. The third kappa shape index (κ3) is 2.69. The minimum atomic E-state index is 0.0145. The fourth-order valence-electron chi connectivity index (χ4n) is 2.66. The Morgan fingerprint density at radius 1 is 1.32 bits per heavy atom. The normalized spacial score (nSPS) is 20.6. The second kappa shape index (κ2) is 5.02. The smallest absolute Gasteiger partial charge is 0.231 e. The van der Waals surface area contributed by atoms with Gasteiger partial charge in [-0.1, -0.05) is 6.07 Å². The molecule has 0 bridgehead atoms. The molecular weight excluding hydrogens is 240 g/mol. The minimum absolute atomic E-state index is 0.0145. The van der Waals surface area contributed by atoms with Gasteiger partial charge in [0.05, 0.1) is 0 Å². The predicted molar refractivity (Wildman–Crippen MR) is 74.3 cm³/mol. The summed E-state index contributed by atoms with van der Waals surface area (Å²) >= 11 is 0. The number of fused-ring (bicyclic) bond motifs is 1. The van der Waals surface area contributed by atoms with E-state index in [2.05, 4.69) is 18.9 Å². The number of rotatable bonds is 5. The van der Waals surface area contributed by atoms with Gasteiger partial charge in [-0.05, 0) is 50.4 Å². The van der Waals surface area contributed by atoms with Gasteiger partial charge in [-0.2, -0.15) is 0 Å². The lowest BCUT2D eigenvalue weighted by Gasteiger charge is -2.27. The first-order valence-electron chi connectivity index (χ1n) is 7.00. The summed E-state index contributed by atoms with van der Waals surface area (Å²) in [4.78, 5) is 2.37. The van der Waals surface area contributed by atoms with Crippen LogP contribution in [0.25, 0.3) is 0 Å². The number of hydrogen-bond donors (Lipinski definition) is 1. The number of hydrogen-bond acceptors (Lipinski definition) is 4. The van der Waals surface area contributed by atoms with E-state index in [0.717, 1.165) is 29.5 Å². The zero-order valence-electron chi connectivity index (χ0n) is 11.6. The van der Waals surface area contributed by atoms with E-state index in [9.17, 15) is 0 Å². The number of likely N-dealkylation sites (N-methyl/N-ethyl adjacent to an activating group) is 1. The van der Waals surface area contributed by atoms with Crippen molar-refractivity contribution in [3.05, 3.63) is 23.8 Å². The SMILES string of the molecule is CC(C1CC1)N(C)CC(N)c1ccc2c(c1)OCO2. The molecule has 1 aromatic carbocycles. The van der Waals surface area contributed by atoms with E-state index in [1.54, 1.807) is 0 Å². The summed E-state index contributed by atoms with van der Waals surface area (Å²) in [5, 5.41) is 0. The molecule has 2 aliphatic rings. The summed E-state index contributed by atoms with van der Waals surface area (Å²) < 4.78 is 10.7. The van der Waals surface area contributed by atoms with Crippen molar-refractivity contribution in [1.82, 2.24) is 4.90 Å². The Morgan fingerprint density at radius 2 is 2.05 bits per heavy atom. The largest absolute Gasteiger partial charge is 0.454 e. The molecule has 1 saturated carbocycles. The van der Waals surface area contributed by atoms with E-state index < -0.39 is 0 Å². The summed E-state index contributed by atoms with van der Waals surface area (Å²) in [6.45, 7) is 3.48. The zero-order valence-corrected chi connectivity index (χ0v) is 11.6. The summed E-state index contributed by atoms with van der Waals surface area (Å²) in [5.41, 5.74) is 7.42. The van der Waals surface area contributed by atoms with Crippen molar-refractivity contribution in [3.8, 4) is 11.5 Å². The molecule has 104 valence electrons. The molecule has 4 nitrogen and oxygen atoms in total. The van der Waals surface area contributed by atoms with E-state index >= 15 is 0 Å². The Hall–Kier alpha value is -1.26. The molecule has 2 atom stereocenters. The van der Waals surface area contributed by atoms with Crippen LogP contribution < -0.4 is 15.2 Å². The predicted octanol–water partition coefficient (Wildman–Crippen LogP) is 2.15. The highest BCUT2D eigenvalue weighted by Gasteiger charge is 2.31. The van der Waals surface area contributed by atoms with Crippen molar-refractivity contribution in [3.63, 3.8) is 0 Å². The van der Waals surface area contributed by atoms with Crippen LogP contribution >= 0.6 is 0 Å². The summed E-state index contributed by atoms with van der Waals surface area (Å²) in [6, 6.07) is 6.62. The van der Waals surface area contributed by atoms with E-state index in [0.29, 0.717) is 12.8 Å². The molecule has 0 radical (unpaired) electrons. The highest BCUT2D eigenvalue weighted by atomic mass is 16.7. The minimum Gasteiger partial charge on any atom is -0.454 e. The maximum Gasteiger partial charge on any atom is 0.231 e. The number of benzene rings is 1. The molecule has 0 spiro atoms. The van der Waals surface area contributed by atoms with Crippen molar-refractivity contribution in [2.24, 2.45) is 11.7 Å². The van der Waals surface area contributed by atoms with Crippen LogP contribution in [-0.2, 0) is 0 Å². The van der Waals surface area contributed by atoms with Gasteiger partial charge < -0.3 is 20.1 Å². The third-order valence-electron chi connectivity index (χ3n) is 4.31. The van der Waals surface area contributed by atoms with Crippen molar-refractivity contribution >= 4 is 0 Å². The maximum absolute atomic E-state index is 6.31. The molecule has 2 N–H and O–H groups in total. The van der Waals surface area contributed by atoms with E-state index in [1.807, 2.05) is 18.2 Å². The van der Waals surface area contributed by atoms with Crippen molar-refractivity contribution in [2.45, 2.75) is 31.8 Å². The van der Waals surface area contributed by atoms with Crippen LogP contribution in [0.3, 0.4) is 0 Å². The number of nitrogens with two attached hydrogens (primary N) is 1. The molecule has 4 heteroatoms. The maximum atomic E-state index is 6.31. The molecule has 1 aromatic rings. The lowest BCUT2D eigenvalue weighted by atomic mass is 10.1. The van der Waals surface area contributed by atoms with Crippen molar-refractivity contribution < 1.29 is 9.47 Å². The topological polar surface area (TPSA) is 47.7 Å². The van der Waals surface area contributed by atoms with Gasteiger partial charge in [-0.15, -0.1) is 0 Å². The van der Waals surface area contributed by atoms with Crippen LogP contribution in [-0.4, -0.2) is 31.3 Å². The lowest BCUT2D eigenvalue weighted by molar-refractivity contribution is 0.174. The van der Waals surface area contributed by atoms with E-state index in [4.69, 9.17) is 15.2 Å². The average Bonchev–Trinajstić information content (AvgIpc) is 3.15. The second-order valence-corrected chi connectivity index (χ2v) is 5.74. The Morgan fingerprint density at radius 3 is 2.79 bits per heavy atom. The first kappa shape index (κ1) is 12.8. The van der Waals surface area contributed by atoms with E-state index in [1.165, 1.54) is 12.8 Å². The first-order valence-corrected chi connectivity index (χ1v) is 7.00. The van der Waals surface area contributed by atoms with Gasteiger partial charge in [-0.3, -0.25) is 0 Å². The molecular formula is C15H22N2O2. The van der Waals surface area contributed by atoms with Crippen LogP contribution in [0.5, 0.6) is 11.5 Å². The van der Waals surface area contributed by atoms with Gasteiger partial charge in [0.1, 0.15) is 0 Å². The average molecular weight is 262 g/mol. The fraction of sp³-hybridized carbons (Fsp3) is 0.600. The Balaban J connectivity index is 1.64. The molecule has 0 saturated heterocycles. The lowest BCUT2D eigenvalue weighted by Crippen LogP contribution is -2.36. The third-order valence-corrected chi connectivity index (χ3v) is 4.31. The van der Waals surface area contributed by atoms with Gasteiger partial charge >= 0.3 is 0 Å². The first-order chi connectivity index (χ1) is 9.15. The molecule has 0 aromatic heterocycles. The molecule has 1 heterocycles. The van der Waals surface area contributed by atoms with E-state index in [-0.39, 0.29) is 6.04 Å². The van der Waals surface area contributed by atoms with Gasteiger partial charge in [0.25, 0.3) is 0 Å². The quantitative estimate of drug-likeness (QED) is 0.883. The standard InChI is InChI=1S/C15H22N2O2/c1-10(11-3-4-11)17(2)8-13(16)12-5-6-14-15(7-12)19-9-18-14/h5-7,10-11,13H,3-4,8-9,16H2,1-2H3. The molecule has 3 rings (SSSR count). The molecule has 1 aliphatic carbocycles. The Bertz CT molecular complexity index is 459. The molecule has 1 aliphatic heterocycles. The van der Waals surface area contributed by atoms with Crippen LogP contribution in [0.4, 0.5) is 0 Å². The summed E-state index contributed by atoms with van der Waals surface area (Å²) in [5.74, 6) is 2.50. The van der Waals surface area contributed by atoms with Crippen LogP contribution in [0, 0.1) is 5.92 Å². The van der Waals surface area contributed by atoms with Crippen LogP contribution in [0.1, 0.15) is 31.4 Å². The molecule has 2 unspecified atom stereocenters. The van der Waals surface area contributed by atoms with Gasteiger partial charge in [-0.25, -0.2) is 0 Å². The van der Waals surface area contributed by atoms with Crippen LogP contribution in [0.2, 0.25) is 0 Å². The van der Waals surface area contributed by atoms with Gasteiger partial charge in [0.15, 0.2) is 11.5 Å². The van der Waals surface area contributed by atoms with Crippen molar-refractivity contribution in [2.75, 3.05) is 20.4 Å². The van der Waals surface area contributed by atoms with Crippen molar-refractivity contribution in [1.29, 1.82) is 0 Å². The van der Waals surface area contributed by atoms with Gasteiger partial charge in [0, 0.05) is 18.6 Å². The molecule has 0 amide bonds. The number of nitrogens with zero attached hydrogens (tertiary/aromatic N) is 1. The van der Waals surface area contributed by atoms with Gasteiger partial charge in [0.2, 0.25) is 6.79 Å². The summed E-state index contributed by atoms with van der Waals surface area (Å²) in [6.07, 6.45) is 2.73. The van der Waals surface area contributed by atoms with Crippen LogP contribution in [0.15, 0.2) is 18.2 Å². The molecule has 19 heavy (non-hydrogen) atoms. The fourth-order valence-corrected chi connectivity index (χ4v) is 2.66. The second-order valence-electron chi connectivity index (χ2n) is 5.74. The summed E-state index contributed by atoms with van der Waals surface area (Å²) in [7, 11) is 2.16. The number of ether oxygens (including phenoxy) is 2. The highest BCUT2D eigenvalue weighted by molar-refractivity contribution is 5.45. The molecule has 1 fully saturated rings. The zero-order chi connectivity index (χ0) is 13.4. The Labute approximate surface area is 114 Å².